The number of hydrogen-bond acceptors (Lipinski definition) is 8. The topological polar surface area (TPSA) is 91.2 Å². The number of ether oxygens (including phenoxy) is 5. The standard InChI is InChI=1S/C19H27N3O6/c1-6-25-17(23)12-7-9-13(10-8-12)20-21-22(4)11-14-15(24-5)16-18(26-14)28-19(2,3)27-16/h7-10,14-16,18H,6,11H2,1-5H3. The molecule has 4 unspecified atom stereocenters. The number of carbonyl (C=O) groups is 1. The van der Waals surface area contributed by atoms with Crippen molar-refractivity contribution < 1.29 is 28.5 Å². The maximum Gasteiger partial charge on any atom is 0.338 e. The number of rotatable bonds is 7. The van der Waals surface area contributed by atoms with Crippen LogP contribution in [0.5, 0.6) is 0 Å². The van der Waals surface area contributed by atoms with E-state index >= 15 is 0 Å². The van der Waals surface area contributed by atoms with Gasteiger partial charge in [0.25, 0.3) is 0 Å². The van der Waals surface area contributed by atoms with E-state index in [-0.39, 0.29) is 24.3 Å². The zero-order valence-electron chi connectivity index (χ0n) is 16.8. The van der Waals surface area contributed by atoms with Crippen molar-refractivity contribution in [3.8, 4) is 0 Å². The van der Waals surface area contributed by atoms with Gasteiger partial charge in [-0.25, -0.2) is 4.79 Å². The lowest BCUT2D eigenvalue weighted by Gasteiger charge is -2.26. The van der Waals surface area contributed by atoms with Gasteiger partial charge in [-0.15, -0.1) is 5.11 Å². The van der Waals surface area contributed by atoms with Crippen LogP contribution < -0.4 is 0 Å². The molecule has 0 saturated carbocycles. The Labute approximate surface area is 164 Å². The molecule has 3 rings (SSSR count). The summed E-state index contributed by atoms with van der Waals surface area (Å²) in [5, 5.41) is 10.0. The fourth-order valence-corrected chi connectivity index (χ4v) is 3.28. The summed E-state index contributed by atoms with van der Waals surface area (Å²) in [6.45, 7) is 6.27. The molecular formula is C19H27N3O6. The number of methoxy groups -OCH3 is 1. The summed E-state index contributed by atoms with van der Waals surface area (Å²) in [5.41, 5.74) is 1.10. The Balaban J connectivity index is 1.55. The number of likely N-dealkylation sites (N-methyl/N-ethyl adjacent to an activating group) is 1. The van der Waals surface area contributed by atoms with Crippen molar-refractivity contribution in [2.45, 2.75) is 51.2 Å². The van der Waals surface area contributed by atoms with Crippen molar-refractivity contribution in [3.05, 3.63) is 29.8 Å². The van der Waals surface area contributed by atoms with Crippen LogP contribution in [0.25, 0.3) is 0 Å². The van der Waals surface area contributed by atoms with Gasteiger partial charge in [0.2, 0.25) is 0 Å². The molecule has 4 atom stereocenters. The molecule has 1 aromatic carbocycles. The minimum atomic E-state index is -0.682. The van der Waals surface area contributed by atoms with E-state index in [1.54, 1.807) is 50.4 Å². The highest BCUT2D eigenvalue weighted by molar-refractivity contribution is 5.89. The van der Waals surface area contributed by atoms with E-state index in [0.29, 0.717) is 24.4 Å². The first kappa shape index (κ1) is 20.7. The van der Waals surface area contributed by atoms with Crippen LogP contribution in [-0.2, 0) is 23.7 Å². The van der Waals surface area contributed by atoms with Crippen LogP contribution in [0, 0.1) is 0 Å². The molecule has 0 N–H and O–H groups in total. The van der Waals surface area contributed by atoms with Gasteiger partial charge in [-0.05, 0) is 45.0 Å². The Bertz CT molecular complexity index is 708. The van der Waals surface area contributed by atoms with Crippen molar-refractivity contribution in [3.63, 3.8) is 0 Å². The van der Waals surface area contributed by atoms with Gasteiger partial charge < -0.3 is 23.7 Å². The first-order valence-electron chi connectivity index (χ1n) is 9.27. The summed E-state index contributed by atoms with van der Waals surface area (Å²) in [6.07, 6.45) is -1.24. The van der Waals surface area contributed by atoms with Crippen LogP contribution in [0.2, 0.25) is 0 Å². The van der Waals surface area contributed by atoms with E-state index in [4.69, 9.17) is 23.7 Å². The Morgan fingerprint density at radius 3 is 2.61 bits per heavy atom. The molecule has 2 aliphatic heterocycles. The van der Waals surface area contributed by atoms with E-state index < -0.39 is 12.1 Å². The van der Waals surface area contributed by atoms with Gasteiger partial charge in [-0.1, -0.05) is 5.22 Å². The van der Waals surface area contributed by atoms with E-state index in [2.05, 4.69) is 10.3 Å². The monoisotopic (exact) mass is 393 g/mol. The number of esters is 1. The molecule has 28 heavy (non-hydrogen) atoms. The fourth-order valence-electron chi connectivity index (χ4n) is 3.28. The number of nitrogens with zero attached hydrogens (tertiary/aromatic N) is 3. The molecule has 0 spiro atoms. The minimum Gasteiger partial charge on any atom is -0.462 e. The number of carbonyl (C=O) groups excluding carboxylic acids is 1. The van der Waals surface area contributed by atoms with E-state index in [9.17, 15) is 4.79 Å². The summed E-state index contributed by atoms with van der Waals surface area (Å²) >= 11 is 0. The molecule has 0 bridgehead atoms. The molecule has 2 fully saturated rings. The quantitative estimate of drug-likeness (QED) is 0.399. The SMILES string of the molecule is CCOC(=O)c1ccc(N=NN(C)CC2OC3OC(C)(C)OC3C2OC)cc1. The van der Waals surface area contributed by atoms with Gasteiger partial charge >= 0.3 is 5.97 Å². The highest BCUT2D eigenvalue weighted by atomic mass is 16.8. The summed E-state index contributed by atoms with van der Waals surface area (Å²) < 4.78 is 28.1. The third kappa shape index (κ3) is 4.67. The summed E-state index contributed by atoms with van der Waals surface area (Å²) in [6, 6.07) is 6.74. The molecule has 2 aliphatic rings. The van der Waals surface area contributed by atoms with Crippen molar-refractivity contribution in [1.29, 1.82) is 0 Å². The Hall–Kier alpha value is -2.07. The first-order chi connectivity index (χ1) is 13.3. The Morgan fingerprint density at radius 1 is 1.25 bits per heavy atom. The van der Waals surface area contributed by atoms with Crippen LogP contribution in [-0.4, -0.2) is 68.7 Å². The van der Waals surface area contributed by atoms with Crippen LogP contribution in [0.1, 0.15) is 31.1 Å². The van der Waals surface area contributed by atoms with E-state index in [1.165, 1.54) is 0 Å². The summed E-state index contributed by atoms with van der Waals surface area (Å²) in [4.78, 5) is 11.7. The molecule has 154 valence electrons. The maximum atomic E-state index is 11.7. The van der Waals surface area contributed by atoms with Gasteiger partial charge in [0.15, 0.2) is 12.1 Å². The van der Waals surface area contributed by atoms with Gasteiger partial charge in [-0.2, -0.15) is 0 Å². The molecule has 0 aliphatic carbocycles. The van der Waals surface area contributed by atoms with Crippen molar-refractivity contribution >= 4 is 11.7 Å². The van der Waals surface area contributed by atoms with Gasteiger partial charge in [0.05, 0.1) is 24.4 Å². The van der Waals surface area contributed by atoms with Crippen LogP contribution in [0.15, 0.2) is 34.6 Å². The fraction of sp³-hybridized carbons (Fsp3) is 0.632. The normalized spacial score (nSPS) is 28.5. The summed E-state index contributed by atoms with van der Waals surface area (Å²) in [5.74, 6) is -1.04. The zero-order chi connectivity index (χ0) is 20.3. The third-order valence-electron chi connectivity index (χ3n) is 4.49. The predicted octanol–water partition coefficient (Wildman–Crippen LogP) is 2.69. The lowest BCUT2D eigenvalue weighted by molar-refractivity contribution is -0.217. The lowest BCUT2D eigenvalue weighted by atomic mass is 10.1. The molecule has 9 nitrogen and oxygen atoms in total. The number of benzene rings is 1. The van der Waals surface area contributed by atoms with Crippen molar-refractivity contribution in [1.82, 2.24) is 5.01 Å². The lowest BCUT2D eigenvalue weighted by Crippen LogP contribution is -2.40. The summed E-state index contributed by atoms with van der Waals surface area (Å²) in [7, 11) is 3.43. The molecule has 1 aromatic rings. The molecule has 2 heterocycles. The highest BCUT2D eigenvalue weighted by Gasteiger charge is 2.55. The maximum absolute atomic E-state index is 11.7. The van der Waals surface area contributed by atoms with Crippen LogP contribution in [0.4, 0.5) is 5.69 Å². The Morgan fingerprint density at radius 2 is 1.96 bits per heavy atom. The van der Waals surface area contributed by atoms with Gasteiger partial charge in [0.1, 0.15) is 18.3 Å². The second kappa shape index (κ2) is 8.52. The van der Waals surface area contributed by atoms with Gasteiger partial charge in [0, 0.05) is 14.2 Å². The molecular weight excluding hydrogens is 366 g/mol. The molecule has 9 heteroatoms. The second-order valence-corrected chi connectivity index (χ2v) is 7.14. The third-order valence-corrected chi connectivity index (χ3v) is 4.49. The first-order valence-corrected chi connectivity index (χ1v) is 9.27. The highest BCUT2D eigenvalue weighted by Crippen LogP contribution is 2.38. The van der Waals surface area contributed by atoms with Crippen LogP contribution in [0.3, 0.4) is 0 Å². The van der Waals surface area contributed by atoms with E-state index in [0.717, 1.165) is 0 Å². The molecule has 2 saturated heterocycles. The molecule has 0 amide bonds. The number of fused-ring (bicyclic) bond motifs is 1. The average Bonchev–Trinajstić information content (AvgIpc) is 3.11. The van der Waals surface area contributed by atoms with Crippen molar-refractivity contribution in [2.75, 3.05) is 27.3 Å². The Kier molecular flexibility index (Phi) is 6.29. The average molecular weight is 393 g/mol. The minimum absolute atomic E-state index is 0.256. The van der Waals surface area contributed by atoms with Crippen molar-refractivity contribution in [2.24, 2.45) is 10.3 Å². The largest absolute Gasteiger partial charge is 0.462 e. The molecule has 0 aromatic heterocycles. The van der Waals surface area contributed by atoms with E-state index in [1.807, 2.05) is 13.8 Å². The zero-order valence-corrected chi connectivity index (χ0v) is 16.8. The smallest absolute Gasteiger partial charge is 0.338 e. The number of hydrogen-bond donors (Lipinski definition) is 0. The molecule has 0 radical (unpaired) electrons. The predicted molar refractivity (Wildman–Crippen MR) is 99.0 cm³/mol. The van der Waals surface area contributed by atoms with Gasteiger partial charge in [-0.3, -0.25) is 5.01 Å². The van der Waals surface area contributed by atoms with Crippen LogP contribution >= 0.6 is 0 Å². The second-order valence-electron chi connectivity index (χ2n) is 7.14.